The lowest BCUT2D eigenvalue weighted by atomic mass is 10.3. The van der Waals surface area contributed by atoms with E-state index >= 15 is 0 Å². The Morgan fingerprint density at radius 3 is 2.81 bits per heavy atom. The normalized spacial score (nSPS) is 12.6. The van der Waals surface area contributed by atoms with Gasteiger partial charge < -0.3 is 5.73 Å². The minimum atomic E-state index is -1.21. The molecule has 0 amide bonds. The van der Waals surface area contributed by atoms with Crippen molar-refractivity contribution in [2.45, 2.75) is 10.6 Å². The summed E-state index contributed by atoms with van der Waals surface area (Å²) in [6, 6.07) is 7.78. The Bertz CT molecular complexity index is 511. The molecule has 0 saturated carbocycles. The molecule has 84 valence electrons. The summed E-state index contributed by atoms with van der Waals surface area (Å²) in [6.07, 6.45) is 0. The van der Waals surface area contributed by atoms with Crippen molar-refractivity contribution in [3.8, 4) is 0 Å². The first kappa shape index (κ1) is 11.3. The largest absolute Gasteiger partial charge is 0.398 e. The first-order valence-corrected chi connectivity index (χ1v) is 6.82. The average Bonchev–Trinajstić information content (AvgIpc) is 2.70. The van der Waals surface area contributed by atoms with Crippen LogP contribution in [0.5, 0.6) is 0 Å². The molecule has 0 aliphatic carbocycles. The molecule has 0 spiro atoms. The van der Waals surface area contributed by atoms with Crippen molar-refractivity contribution >= 4 is 27.8 Å². The fraction of sp³-hybridized carbons (Fsp3) is 0.0909. The van der Waals surface area contributed by atoms with E-state index in [2.05, 4.69) is 0 Å². The number of rotatable bonds is 3. The Morgan fingerprint density at radius 1 is 1.38 bits per heavy atom. The van der Waals surface area contributed by atoms with Gasteiger partial charge in [0.15, 0.2) is 0 Å². The summed E-state index contributed by atoms with van der Waals surface area (Å²) in [5.41, 5.74) is 5.87. The maximum atomic E-state index is 12.8. The number of hydrogen-bond donors (Lipinski definition) is 1. The average molecular weight is 255 g/mol. The second kappa shape index (κ2) is 4.76. The van der Waals surface area contributed by atoms with Gasteiger partial charge in [-0.25, -0.2) is 4.39 Å². The second-order valence-electron chi connectivity index (χ2n) is 3.25. The molecular formula is C11H10FNOS2. The monoisotopic (exact) mass is 255 g/mol. The van der Waals surface area contributed by atoms with E-state index in [0.29, 0.717) is 10.6 Å². The molecule has 1 heterocycles. The molecule has 5 heteroatoms. The lowest BCUT2D eigenvalue weighted by Crippen LogP contribution is -2.00. The summed E-state index contributed by atoms with van der Waals surface area (Å²) in [7, 11) is -1.21. The van der Waals surface area contributed by atoms with Crippen LogP contribution in [0, 0.1) is 5.82 Å². The number of anilines is 1. The van der Waals surface area contributed by atoms with Gasteiger partial charge in [0.25, 0.3) is 0 Å². The van der Waals surface area contributed by atoms with Crippen LogP contribution >= 0.6 is 11.3 Å². The van der Waals surface area contributed by atoms with Gasteiger partial charge in [-0.1, -0.05) is 6.07 Å². The van der Waals surface area contributed by atoms with Gasteiger partial charge in [-0.2, -0.15) is 0 Å². The number of nitrogens with two attached hydrogens (primary N) is 1. The summed E-state index contributed by atoms with van der Waals surface area (Å²) < 4.78 is 24.8. The molecule has 0 saturated heterocycles. The maximum absolute atomic E-state index is 12.8. The van der Waals surface area contributed by atoms with Crippen LogP contribution in [0.25, 0.3) is 0 Å². The fourth-order valence-electron chi connectivity index (χ4n) is 1.33. The highest BCUT2D eigenvalue weighted by Gasteiger charge is 2.10. The van der Waals surface area contributed by atoms with Crippen molar-refractivity contribution in [3.05, 3.63) is 46.4 Å². The van der Waals surface area contributed by atoms with Crippen LogP contribution in [0.15, 0.2) is 40.6 Å². The molecule has 2 aromatic rings. The van der Waals surface area contributed by atoms with E-state index in [1.54, 1.807) is 11.3 Å². The zero-order chi connectivity index (χ0) is 11.5. The fourth-order valence-corrected chi connectivity index (χ4v) is 3.46. The zero-order valence-corrected chi connectivity index (χ0v) is 9.98. The lowest BCUT2D eigenvalue weighted by Gasteiger charge is -2.04. The number of nitrogen functional groups attached to an aromatic ring is 1. The third kappa shape index (κ3) is 2.48. The Labute approximate surface area is 99.4 Å². The first-order chi connectivity index (χ1) is 7.66. The van der Waals surface area contributed by atoms with Gasteiger partial charge >= 0.3 is 0 Å². The second-order valence-corrected chi connectivity index (χ2v) is 5.70. The van der Waals surface area contributed by atoms with Crippen molar-refractivity contribution in [2.24, 2.45) is 0 Å². The highest BCUT2D eigenvalue weighted by molar-refractivity contribution is 7.84. The van der Waals surface area contributed by atoms with Crippen molar-refractivity contribution < 1.29 is 8.60 Å². The maximum Gasteiger partial charge on any atom is 0.125 e. The number of thiophene rings is 1. The van der Waals surface area contributed by atoms with Crippen LogP contribution in [-0.2, 0) is 16.6 Å². The van der Waals surface area contributed by atoms with E-state index in [-0.39, 0.29) is 5.69 Å². The SMILES string of the molecule is Nc1cc(F)ccc1S(=O)Cc1cccs1. The summed E-state index contributed by atoms with van der Waals surface area (Å²) in [6.45, 7) is 0. The summed E-state index contributed by atoms with van der Waals surface area (Å²) in [4.78, 5) is 1.52. The van der Waals surface area contributed by atoms with Crippen molar-refractivity contribution in [2.75, 3.05) is 5.73 Å². The molecule has 1 unspecified atom stereocenters. The number of benzene rings is 1. The molecule has 0 bridgehead atoms. The van der Waals surface area contributed by atoms with E-state index in [1.807, 2.05) is 17.5 Å². The van der Waals surface area contributed by atoms with Gasteiger partial charge in [0.1, 0.15) is 5.82 Å². The minimum absolute atomic E-state index is 0.245. The molecule has 16 heavy (non-hydrogen) atoms. The van der Waals surface area contributed by atoms with E-state index in [9.17, 15) is 8.60 Å². The third-order valence-corrected chi connectivity index (χ3v) is 4.57. The molecule has 2 nitrogen and oxygen atoms in total. The molecule has 1 atom stereocenters. The van der Waals surface area contributed by atoms with Gasteiger partial charge in [0.2, 0.25) is 0 Å². The topological polar surface area (TPSA) is 43.1 Å². The van der Waals surface area contributed by atoms with Gasteiger partial charge in [0.05, 0.1) is 27.1 Å². The molecule has 0 aliphatic heterocycles. The minimum Gasteiger partial charge on any atom is -0.398 e. The van der Waals surface area contributed by atoms with Crippen LogP contribution in [-0.4, -0.2) is 4.21 Å². The molecule has 1 aromatic carbocycles. The highest BCUT2D eigenvalue weighted by atomic mass is 32.2. The molecule has 0 fully saturated rings. The summed E-state index contributed by atoms with van der Waals surface area (Å²) >= 11 is 1.55. The number of halogens is 1. The third-order valence-electron chi connectivity index (χ3n) is 2.07. The van der Waals surface area contributed by atoms with Gasteiger partial charge in [-0.15, -0.1) is 11.3 Å². The lowest BCUT2D eigenvalue weighted by molar-refractivity contribution is 0.627. The van der Waals surface area contributed by atoms with E-state index in [1.165, 1.54) is 18.2 Å². The molecule has 2 rings (SSSR count). The zero-order valence-electron chi connectivity index (χ0n) is 8.35. The Balaban J connectivity index is 2.21. The van der Waals surface area contributed by atoms with Crippen LogP contribution in [0.2, 0.25) is 0 Å². The predicted octanol–water partition coefficient (Wildman–Crippen LogP) is 2.78. The summed E-state index contributed by atoms with van der Waals surface area (Å²) in [5, 5.41) is 1.93. The smallest absolute Gasteiger partial charge is 0.125 e. The molecule has 1 aromatic heterocycles. The van der Waals surface area contributed by atoms with Gasteiger partial charge in [-0.3, -0.25) is 4.21 Å². The molecular weight excluding hydrogens is 245 g/mol. The van der Waals surface area contributed by atoms with E-state index in [0.717, 1.165) is 4.88 Å². The molecule has 0 radical (unpaired) electrons. The van der Waals surface area contributed by atoms with E-state index in [4.69, 9.17) is 5.73 Å². The summed E-state index contributed by atoms with van der Waals surface area (Å²) in [5.74, 6) is 0.0161. The van der Waals surface area contributed by atoms with Crippen LogP contribution in [0.3, 0.4) is 0 Å². The standard InChI is InChI=1S/C11H10FNOS2/c12-8-3-4-11(10(13)6-8)16(14)7-9-2-1-5-15-9/h1-6H,7,13H2. The van der Waals surface area contributed by atoms with Crippen LogP contribution in [0.1, 0.15) is 4.88 Å². The van der Waals surface area contributed by atoms with Gasteiger partial charge in [-0.05, 0) is 29.6 Å². The van der Waals surface area contributed by atoms with Crippen molar-refractivity contribution in [1.82, 2.24) is 0 Å². The van der Waals surface area contributed by atoms with Crippen molar-refractivity contribution in [3.63, 3.8) is 0 Å². The van der Waals surface area contributed by atoms with E-state index < -0.39 is 16.6 Å². The van der Waals surface area contributed by atoms with Crippen LogP contribution < -0.4 is 5.73 Å². The van der Waals surface area contributed by atoms with Crippen LogP contribution in [0.4, 0.5) is 10.1 Å². The Morgan fingerprint density at radius 2 is 2.19 bits per heavy atom. The highest BCUT2D eigenvalue weighted by Crippen LogP contribution is 2.21. The van der Waals surface area contributed by atoms with Gasteiger partial charge in [0, 0.05) is 4.88 Å². The quantitative estimate of drug-likeness (QED) is 0.857. The number of hydrogen-bond acceptors (Lipinski definition) is 3. The van der Waals surface area contributed by atoms with Crippen molar-refractivity contribution in [1.29, 1.82) is 0 Å². The predicted molar refractivity (Wildman–Crippen MR) is 65.2 cm³/mol. The molecule has 2 N–H and O–H groups in total. The first-order valence-electron chi connectivity index (χ1n) is 4.62. The Kier molecular flexibility index (Phi) is 3.36. The Hall–Kier alpha value is -1.20. The molecule has 0 aliphatic rings.